The van der Waals surface area contributed by atoms with Crippen LogP contribution >= 0.6 is 0 Å². The predicted octanol–water partition coefficient (Wildman–Crippen LogP) is -1.95. The van der Waals surface area contributed by atoms with Crippen molar-refractivity contribution >= 4 is 5.97 Å². The molecule has 3 atom stereocenters. The maximum atomic E-state index is 12.4. The van der Waals surface area contributed by atoms with E-state index in [0.29, 0.717) is 24.7 Å². The topological polar surface area (TPSA) is 145 Å². The van der Waals surface area contributed by atoms with Gasteiger partial charge in [0.25, 0.3) is 0 Å². The molecule has 1 saturated heterocycles. The Morgan fingerprint density at radius 1 is 0.931 bits per heavy atom. The summed E-state index contributed by atoms with van der Waals surface area (Å²) in [4.78, 5) is 49.0. The number of epoxide rings is 1. The van der Waals surface area contributed by atoms with Gasteiger partial charge in [-0.2, -0.15) is 0 Å². The lowest BCUT2D eigenvalue weighted by Gasteiger charge is -2.18. The number of hydrogen-bond acceptors (Lipinski definition) is 8. The molecule has 1 aliphatic carbocycles. The van der Waals surface area contributed by atoms with Crippen LogP contribution in [0, 0.1) is 5.92 Å². The maximum absolute atomic E-state index is 12.4. The average molecular weight is 413 g/mol. The summed E-state index contributed by atoms with van der Waals surface area (Å²) in [5.41, 5.74) is -2.58. The van der Waals surface area contributed by atoms with E-state index in [1.807, 2.05) is 0 Å². The van der Waals surface area contributed by atoms with Crippen LogP contribution in [0.25, 0.3) is 0 Å². The minimum absolute atomic E-state index is 0.0281. The molecule has 1 aromatic heterocycles. The molecular weight excluding hydrogens is 386 g/mol. The van der Waals surface area contributed by atoms with Crippen LogP contribution in [-0.4, -0.2) is 61.9 Å². The van der Waals surface area contributed by atoms with Gasteiger partial charge in [0.15, 0.2) is 0 Å². The monoisotopic (exact) mass is 413 g/mol. The first-order valence-electron chi connectivity index (χ1n) is 9.93. The fourth-order valence-electron chi connectivity index (χ4n) is 3.76. The molecule has 3 unspecified atom stereocenters. The van der Waals surface area contributed by atoms with Crippen molar-refractivity contribution in [3.63, 3.8) is 0 Å². The molecule has 1 aliphatic heterocycles. The highest BCUT2D eigenvalue weighted by Crippen LogP contribution is 2.39. The first-order valence-corrected chi connectivity index (χ1v) is 9.93. The van der Waals surface area contributed by atoms with Crippen molar-refractivity contribution in [2.45, 2.75) is 63.9 Å². The van der Waals surface area contributed by atoms with Gasteiger partial charge in [0.05, 0.1) is 45.1 Å². The smallest absolute Gasteiger partial charge is 0.336 e. The third kappa shape index (κ3) is 5.03. The van der Waals surface area contributed by atoms with E-state index in [-0.39, 0.29) is 32.5 Å². The van der Waals surface area contributed by atoms with Crippen molar-refractivity contribution in [1.82, 2.24) is 13.7 Å². The Hall–Kier alpha value is -2.24. The molecule has 11 nitrogen and oxygen atoms in total. The number of hydrogen-bond donors (Lipinski definition) is 2. The molecular formula is C18H27N3O8. The number of fused-ring (bicyclic) bond motifs is 1. The number of carbonyl (C=O) groups is 1. The first-order chi connectivity index (χ1) is 14.0. The van der Waals surface area contributed by atoms with E-state index in [0.717, 1.165) is 33.0 Å². The van der Waals surface area contributed by atoms with E-state index in [1.54, 1.807) is 0 Å². The third-order valence-corrected chi connectivity index (χ3v) is 5.39. The molecule has 2 fully saturated rings. The summed E-state index contributed by atoms with van der Waals surface area (Å²) in [6.45, 7) is -1.17. The van der Waals surface area contributed by atoms with Crippen molar-refractivity contribution < 1.29 is 24.5 Å². The molecule has 0 bridgehead atoms. The Labute approximate surface area is 166 Å². The van der Waals surface area contributed by atoms with Gasteiger partial charge >= 0.3 is 23.0 Å². The predicted molar refractivity (Wildman–Crippen MR) is 99.6 cm³/mol. The van der Waals surface area contributed by atoms with Crippen LogP contribution in [0.15, 0.2) is 14.4 Å². The van der Waals surface area contributed by atoms with Crippen LogP contribution in [0.4, 0.5) is 0 Å². The largest absolute Gasteiger partial charge is 0.465 e. The highest BCUT2D eigenvalue weighted by Gasteiger charge is 2.43. The van der Waals surface area contributed by atoms with Gasteiger partial charge < -0.3 is 19.7 Å². The fraction of sp³-hybridized carbons (Fsp3) is 0.778. The molecule has 2 N–H and O–H groups in total. The second-order valence-electron chi connectivity index (χ2n) is 7.43. The summed E-state index contributed by atoms with van der Waals surface area (Å²) in [7, 11) is 0. The van der Waals surface area contributed by atoms with Gasteiger partial charge in [-0.15, -0.1) is 0 Å². The van der Waals surface area contributed by atoms with E-state index in [1.165, 1.54) is 0 Å². The number of carbonyl (C=O) groups excluding carboxylic acids is 1. The fourth-order valence-corrected chi connectivity index (χ4v) is 3.76. The van der Waals surface area contributed by atoms with E-state index in [2.05, 4.69) is 0 Å². The molecule has 1 aromatic rings. The molecule has 29 heavy (non-hydrogen) atoms. The van der Waals surface area contributed by atoms with Gasteiger partial charge in [0, 0.05) is 13.0 Å². The zero-order valence-electron chi connectivity index (χ0n) is 16.2. The number of esters is 1. The number of nitrogens with zero attached hydrogens (tertiary/aromatic N) is 3. The molecule has 0 amide bonds. The van der Waals surface area contributed by atoms with Crippen LogP contribution < -0.4 is 17.1 Å². The quantitative estimate of drug-likeness (QED) is 0.332. The van der Waals surface area contributed by atoms with E-state index in [4.69, 9.17) is 19.7 Å². The summed E-state index contributed by atoms with van der Waals surface area (Å²) in [6, 6.07) is 0. The molecule has 1 saturated carbocycles. The van der Waals surface area contributed by atoms with E-state index < -0.39 is 36.3 Å². The lowest BCUT2D eigenvalue weighted by atomic mass is 9.90. The minimum atomic E-state index is -0.881. The summed E-state index contributed by atoms with van der Waals surface area (Å²) in [6.07, 6.45) is 3.80. The van der Waals surface area contributed by atoms with Gasteiger partial charge in [-0.25, -0.2) is 28.1 Å². The molecule has 11 heteroatoms. The zero-order valence-corrected chi connectivity index (χ0v) is 16.2. The molecule has 162 valence electrons. The average Bonchev–Trinajstić information content (AvgIpc) is 3.48. The maximum Gasteiger partial charge on any atom is 0.336 e. The van der Waals surface area contributed by atoms with E-state index >= 15 is 0 Å². The van der Waals surface area contributed by atoms with Crippen molar-refractivity contribution in [3.8, 4) is 0 Å². The van der Waals surface area contributed by atoms with Crippen LogP contribution in [0.1, 0.15) is 32.1 Å². The highest BCUT2D eigenvalue weighted by molar-refractivity contribution is 5.69. The van der Waals surface area contributed by atoms with Crippen molar-refractivity contribution in [3.05, 3.63) is 31.5 Å². The van der Waals surface area contributed by atoms with Gasteiger partial charge in [-0.3, -0.25) is 4.79 Å². The van der Waals surface area contributed by atoms with Crippen molar-refractivity contribution in [2.75, 3.05) is 19.8 Å². The van der Waals surface area contributed by atoms with Crippen molar-refractivity contribution in [2.24, 2.45) is 5.92 Å². The Kier molecular flexibility index (Phi) is 7.04. The highest BCUT2D eigenvalue weighted by atomic mass is 16.6. The summed E-state index contributed by atoms with van der Waals surface area (Å²) >= 11 is 0. The number of aromatic nitrogens is 3. The molecule has 0 spiro atoms. The SMILES string of the molecule is O=C(CCCn1c(=O)n(CCO)c(=O)n(CCO)c1=O)OCC1CCC2OC2C1. The van der Waals surface area contributed by atoms with E-state index in [9.17, 15) is 19.2 Å². The van der Waals surface area contributed by atoms with Gasteiger partial charge in [-0.1, -0.05) is 0 Å². The lowest BCUT2D eigenvalue weighted by Crippen LogP contribution is -2.55. The van der Waals surface area contributed by atoms with Crippen LogP contribution in [-0.2, 0) is 33.9 Å². The standard InChI is InChI=1S/C18H27N3O8/c22-8-6-20-16(25)19(17(26)21(7-9-23)18(20)27)5-1-2-15(24)28-11-12-3-4-13-14(10-12)29-13/h12-14,22-23H,1-11H2. The van der Waals surface area contributed by atoms with Crippen molar-refractivity contribution in [1.29, 1.82) is 0 Å². The third-order valence-electron chi connectivity index (χ3n) is 5.39. The Morgan fingerprint density at radius 3 is 2.07 bits per heavy atom. The number of rotatable bonds is 10. The summed E-state index contributed by atoms with van der Waals surface area (Å²) < 4.78 is 13.1. The Morgan fingerprint density at radius 2 is 1.52 bits per heavy atom. The molecule has 2 aliphatic rings. The molecule has 3 rings (SSSR count). The Bertz CT molecular complexity index is 858. The van der Waals surface area contributed by atoms with Crippen LogP contribution in [0.2, 0.25) is 0 Å². The minimum Gasteiger partial charge on any atom is -0.465 e. The summed E-state index contributed by atoms with van der Waals surface area (Å²) in [5, 5.41) is 18.1. The first kappa shape index (κ1) is 21.5. The van der Waals surface area contributed by atoms with Gasteiger partial charge in [0.1, 0.15) is 0 Å². The number of aliphatic hydroxyl groups excluding tert-OH is 2. The molecule has 0 radical (unpaired) electrons. The van der Waals surface area contributed by atoms with Gasteiger partial charge in [-0.05, 0) is 31.6 Å². The number of aliphatic hydroxyl groups is 2. The molecule has 2 heterocycles. The molecule has 0 aromatic carbocycles. The van der Waals surface area contributed by atoms with Gasteiger partial charge in [0.2, 0.25) is 0 Å². The van der Waals surface area contributed by atoms with Crippen LogP contribution in [0.3, 0.4) is 0 Å². The zero-order chi connectivity index (χ0) is 21.0. The number of ether oxygens (including phenoxy) is 2. The normalized spacial score (nSPS) is 22.9. The second-order valence-corrected chi connectivity index (χ2v) is 7.43. The lowest BCUT2D eigenvalue weighted by molar-refractivity contribution is -0.145. The Balaban J connectivity index is 1.57. The van der Waals surface area contributed by atoms with Crippen LogP contribution in [0.5, 0.6) is 0 Å². The summed E-state index contributed by atoms with van der Waals surface area (Å²) in [5.74, 6) is -0.103. The second kappa shape index (κ2) is 9.51.